The van der Waals surface area contributed by atoms with Crippen molar-refractivity contribution in [2.45, 2.75) is 0 Å². The summed E-state index contributed by atoms with van der Waals surface area (Å²) >= 11 is 3.65. The lowest BCUT2D eigenvalue weighted by Crippen LogP contribution is -2.11. The molecule has 0 aromatic heterocycles. The molecule has 0 saturated carbocycles. The van der Waals surface area contributed by atoms with Crippen LogP contribution in [-0.4, -0.2) is 5.78 Å². The summed E-state index contributed by atoms with van der Waals surface area (Å²) in [6, 6.07) is 26.4. The molecular weight excluding hydrogens is 372 g/mol. The van der Waals surface area contributed by atoms with Crippen LogP contribution >= 0.6 is 15.9 Å². The first kappa shape index (κ1) is 14.6. The summed E-state index contributed by atoms with van der Waals surface area (Å²) in [6.45, 7) is 0. The molecule has 0 N–H and O–H groups in total. The molecule has 1 aliphatic carbocycles. The van der Waals surface area contributed by atoms with Crippen molar-refractivity contribution in [3.8, 4) is 22.3 Å². The minimum absolute atomic E-state index is 0.102. The first-order valence-corrected chi connectivity index (χ1v) is 9.00. The van der Waals surface area contributed by atoms with Crippen LogP contribution in [0, 0.1) is 0 Å². The van der Waals surface area contributed by atoms with Gasteiger partial charge in [-0.3, -0.25) is 4.79 Å². The molecule has 4 aromatic rings. The zero-order chi connectivity index (χ0) is 17.0. The first-order chi connectivity index (χ1) is 12.3. The molecule has 0 spiro atoms. The highest BCUT2D eigenvalue weighted by atomic mass is 79.9. The molecule has 5 rings (SSSR count). The number of carbonyl (C=O) groups is 1. The van der Waals surface area contributed by atoms with Crippen LogP contribution in [0.5, 0.6) is 0 Å². The topological polar surface area (TPSA) is 17.1 Å². The van der Waals surface area contributed by atoms with Crippen molar-refractivity contribution in [1.29, 1.82) is 0 Å². The van der Waals surface area contributed by atoms with Crippen LogP contribution in [-0.2, 0) is 0 Å². The molecule has 0 saturated heterocycles. The van der Waals surface area contributed by atoms with E-state index in [2.05, 4.69) is 52.3 Å². The van der Waals surface area contributed by atoms with E-state index in [0.717, 1.165) is 48.6 Å². The molecule has 2 heteroatoms. The normalized spacial score (nSPS) is 12.3. The second-order valence-electron chi connectivity index (χ2n) is 6.25. The number of ketones is 1. The van der Waals surface area contributed by atoms with Gasteiger partial charge < -0.3 is 0 Å². The fourth-order valence-corrected chi connectivity index (χ4v) is 4.24. The number of hydrogen-bond acceptors (Lipinski definition) is 1. The Morgan fingerprint density at radius 3 is 2.08 bits per heavy atom. The van der Waals surface area contributed by atoms with Crippen LogP contribution < -0.4 is 0 Å². The Kier molecular flexibility index (Phi) is 3.16. The number of carbonyl (C=O) groups excluding carboxylic acids is 1. The number of halogens is 1. The Morgan fingerprint density at radius 1 is 0.600 bits per heavy atom. The summed E-state index contributed by atoms with van der Waals surface area (Å²) in [7, 11) is 0. The monoisotopic (exact) mass is 384 g/mol. The molecule has 0 fully saturated rings. The van der Waals surface area contributed by atoms with Gasteiger partial charge in [0.1, 0.15) is 0 Å². The molecule has 118 valence electrons. The molecule has 0 unspecified atom stereocenters. The standard InChI is InChI=1S/C23H13BrO/c24-20-13-12-17-16-8-4-5-9-18(16)23(25)22-15(10-11-19(20)21(17)22)14-6-2-1-3-7-14/h1-13H. The van der Waals surface area contributed by atoms with Crippen molar-refractivity contribution in [2.24, 2.45) is 0 Å². The van der Waals surface area contributed by atoms with Crippen molar-refractivity contribution >= 4 is 32.5 Å². The number of benzene rings is 4. The van der Waals surface area contributed by atoms with Gasteiger partial charge in [0.2, 0.25) is 0 Å². The van der Waals surface area contributed by atoms with E-state index in [1.54, 1.807) is 0 Å². The first-order valence-electron chi connectivity index (χ1n) is 8.20. The van der Waals surface area contributed by atoms with Crippen molar-refractivity contribution in [3.63, 3.8) is 0 Å². The molecule has 1 nitrogen and oxygen atoms in total. The van der Waals surface area contributed by atoms with Gasteiger partial charge in [-0.25, -0.2) is 0 Å². The van der Waals surface area contributed by atoms with Gasteiger partial charge in [0.05, 0.1) is 0 Å². The Morgan fingerprint density at radius 2 is 1.28 bits per heavy atom. The van der Waals surface area contributed by atoms with Gasteiger partial charge >= 0.3 is 0 Å². The van der Waals surface area contributed by atoms with Crippen LogP contribution in [0.1, 0.15) is 15.9 Å². The molecule has 0 aliphatic heterocycles. The van der Waals surface area contributed by atoms with Gasteiger partial charge in [-0.15, -0.1) is 0 Å². The lowest BCUT2D eigenvalue weighted by molar-refractivity contribution is 0.104. The minimum atomic E-state index is 0.102. The van der Waals surface area contributed by atoms with Gasteiger partial charge in [-0.05, 0) is 33.7 Å². The molecule has 0 atom stereocenters. The van der Waals surface area contributed by atoms with Crippen molar-refractivity contribution in [2.75, 3.05) is 0 Å². The number of fused-ring (bicyclic) bond motifs is 2. The Labute approximate surface area is 154 Å². The Balaban J connectivity index is 1.99. The molecule has 0 amide bonds. The Hall–Kier alpha value is -2.71. The minimum Gasteiger partial charge on any atom is -0.289 e. The zero-order valence-electron chi connectivity index (χ0n) is 13.3. The second kappa shape index (κ2) is 5.40. The summed E-state index contributed by atoms with van der Waals surface area (Å²) in [4.78, 5) is 13.4. The molecule has 0 heterocycles. The third kappa shape index (κ3) is 2.04. The zero-order valence-corrected chi connectivity index (χ0v) is 14.9. The van der Waals surface area contributed by atoms with E-state index < -0.39 is 0 Å². The van der Waals surface area contributed by atoms with Crippen molar-refractivity contribution in [3.05, 3.63) is 94.5 Å². The molecule has 0 radical (unpaired) electrons. The van der Waals surface area contributed by atoms with Crippen LogP contribution in [0.2, 0.25) is 0 Å². The maximum absolute atomic E-state index is 13.4. The molecule has 0 bridgehead atoms. The van der Waals surface area contributed by atoms with E-state index in [1.165, 1.54) is 0 Å². The van der Waals surface area contributed by atoms with Crippen LogP contribution in [0.4, 0.5) is 0 Å². The quantitative estimate of drug-likeness (QED) is 0.323. The SMILES string of the molecule is O=C1c2ccccc2-c2ccc(Br)c3ccc(-c4ccccc4)c1c23. The maximum atomic E-state index is 13.4. The molecular formula is C23H13BrO. The predicted octanol–water partition coefficient (Wildman–Crippen LogP) is 6.48. The van der Waals surface area contributed by atoms with E-state index in [9.17, 15) is 4.79 Å². The highest BCUT2D eigenvalue weighted by Gasteiger charge is 2.28. The second-order valence-corrected chi connectivity index (χ2v) is 7.10. The smallest absolute Gasteiger partial charge is 0.194 e. The molecule has 4 aromatic carbocycles. The maximum Gasteiger partial charge on any atom is 0.194 e. The lowest BCUT2D eigenvalue weighted by Gasteiger charge is -2.23. The number of hydrogen-bond donors (Lipinski definition) is 0. The average molecular weight is 385 g/mol. The average Bonchev–Trinajstić information content (AvgIpc) is 2.67. The van der Waals surface area contributed by atoms with Gasteiger partial charge in [0.15, 0.2) is 5.78 Å². The lowest BCUT2D eigenvalue weighted by atomic mass is 9.79. The van der Waals surface area contributed by atoms with E-state index in [0.29, 0.717) is 0 Å². The van der Waals surface area contributed by atoms with E-state index in [1.807, 2.05) is 42.5 Å². The fourth-order valence-electron chi connectivity index (χ4n) is 3.78. The predicted molar refractivity (Wildman–Crippen MR) is 106 cm³/mol. The molecule has 1 aliphatic rings. The largest absolute Gasteiger partial charge is 0.289 e. The van der Waals surface area contributed by atoms with E-state index in [4.69, 9.17) is 0 Å². The number of rotatable bonds is 1. The summed E-state index contributed by atoms with van der Waals surface area (Å²) in [5, 5.41) is 2.12. The summed E-state index contributed by atoms with van der Waals surface area (Å²) in [5.74, 6) is 0.102. The van der Waals surface area contributed by atoms with Gasteiger partial charge in [0, 0.05) is 21.0 Å². The van der Waals surface area contributed by atoms with Gasteiger partial charge in [-0.1, -0.05) is 88.7 Å². The van der Waals surface area contributed by atoms with Crippen LogP contribution in [0.15, 0.2) is 83.3 Å². The van der Waals surface area contributed by atoms with Gasteiger partial charge in [-0.2, -0.15) is 0 Å². The van der Waals surface area contributed by atoms with E-state index in [-0.39, 0.29) is 5.78 Å². The summed E-state index contributed by atoms with van der Waals surface area (Å²) in [6.07, 6.45) is 0. The highest BCUT2D eigenvalue weighted by Crippen LogP contribution is 2.44. The van der Waals surface area contributed by atoms with Crippen LogP contribution in [0.3, 0.4) is 0 Å². The molecule has 25 heavy (non-hydrogen) atoms. The Bertz CT molecular complexity index is 1160. The van der Waals surface area contributed by atoms with Crippen molar-refractivity contribution < 1.29 is 4.79 Å². The van der Waals surface area contributed by atoms with Crippen molar-refractivity contribution in [1.82, 2.24) is 0 Å². The van der Waals surface area contributed by atoms with Gasteiger partial charge in [0.25, 0.3) is 0 Å². The summed E-state index contributed by atoms with van der Waals surface area (Å²) < 4.78 is 1.01. The third-order valence-corrected chi connectivity index (χ3v) is 5.59. The fraction of sp³-hybridized carbons (Fsp3) is 0. The highest BCUT2D eigenvalue weighted by molar-refractivity contribution is 9.10. The van der Waals surface area contributed by atoms with Crippen LogP contribution in [0.25, 0.3) is 33.0 Å². The third-order valence-electron chi connectivity index (χ3n) is 4.90. The summed E-state index contributed by atoms with van der Waals surface area (Å²) in [5.41, 5.74) is 5.79. The van der Waals surface area contributed by atoms with E-state index >= 15 is 0 Å².